The fraction of sp³-hybridized carbons (Fsp3) is 0.0833. The van der Waals surface area contributed by atoms with E-state index in [1.165, 1.54) is 0 Å². The number of aromatic nitrogens is 2. The number of nitrogens with one attached hydrogen (secondary N) is 1. The first kappa shape index (κ1) is 19.6. The summed E-state index contributed by atoms with van der Waals surface area (Å²) in [5.74, 6) is 1.69. The summed E-state index contributed by atoms with van der Waals surface area (Å²) in [6.07, 6.45) is 1.76. The molecule has 0 amide bonds. The number of halogens is 1. The van der Waals surface area contributed by atoms with Crippen LogP contribution in [0.1, 0.15) is 17.0 Å². The summed E-state index contributed by atoms with van der Waals surface area (Å²) in [7, 11) is 1.58. The van der Waals surface area contributed by atoms with E-state index in [-0.39, 0.29) is 0 Å². The molecule has 4 aromatic rings. The molecule has 0 aliphatic heterocycles. The van der Waals surface area contributed by atoms with Gasteiger partial charge in [-0.05, 0) is 42.0 Å². The van der Waals surface area contributed by atoms with Gasteiger partial charge in [-0.1, -0.05) is 48.0 Å². The molecule has 0 bridgehead atoms. The minimum Gasteiger partial charge on any atom is -0.493 e. The Bertz CT molecular complexity index is 1240. The molecule has 0 aliphatic carbocycles. The van der Waals surface area contributed by atoms with E-state index in [0.717, 1.165) is 22.2 Å². The number of nitriles is 1. The average molecular weight is 416 g/mol. The van der Waals surface area contributed by atoms with Crippen molar-refractivity contribution in [2.75, 3.05) is 7.11 Å². The molecule has 0 fully saturated rings. The van der Waals surface area contributed by atoms with Crippen molar-refractivity contribution in [3.05, 3.63) is 88.7 Å². The zero-order valence-electron chi connectivity index (χ0n) is 16.2. The van der Waals surface area contributed by atoms with Gasteiger partial charge in [0, 0.05) is 10.6 Å². The molecule has 0 atom stereocenters. The molecular formula is C24H18ClN3O2. The largest absolute Gasteiger partial charge is 0.493 e. The zero-order valence-corrected chi connectivity index (χ0v) is 17.0. The third kappa shape index (κ3) is 4.14. The maximum atomic E-state index is 9.64. The van der Waals surface area contributed by atoms with E-state index in [0.29, 0.717) is 34.5 Å². The smallest absolute Gasteiger partial charge is 0.161 e. The lowest BCUT2D eigenvalue weighted by atomic mass is 10.1. The van der Waals surface area contributed by atoms with Crippen LogP contribution < -0.4 is 9.47 Å². The van der Waals surface area contributed by atoms with E-state index in [9.17, 15) is 5.26 Å². The lowest BCUT2D eigenvalue weighted by Gasteiger charge is -2.12. The molecule has 30 heavy (non-hydrogen) atoms. The highest BCUT2D eigenvalue weighted by atomic mass is 35.5. The Morgan fingerprint density at radius 3 is 2.67 bits per heavy atom. The van der Waals surface area contributed by atoms with E-state index in [1.54, 1.807) is 13.2 Å². The highest BCUT2D eigenvalue weighted by Crippen LogP contribution is 2.31. The number of hydrogen-bond donors (Lipinski definition) is 1. The number of allylic oxidation sites excluding steroid dienone is 1. The number of rotatable bonds is 6. The number of benzene rings is 3. The van der Waals surface area contributed by atoms with Crippen LogP contribution in [0.4, 0.5) is 0 Å². The summed E-state index contributed by atoms with van der Waals surface area (Å²) in [5.41, 5.74) is 3.82. The minimum atomic E-state index is 0.327. The van der Waals surface area contributed by atoms with E-state index in [4.69, 9.17) is 21.1 Å². The van der Waals surface area contributed by atoms with Crippen LogP contribution in [0.2, 0.25) is 5.02 Å². The summed E-state index contributed by atoms with van der Waals surface area (Å²) in [4.78, 5) is 7.68. The predicted octanol–water partition coefficient (Wildman–Crippen LogP) is 5.87. The summed E-state index contributed by atoms with van der Waals surface area (Å²) < 4.78 is 11.4. The molecule has 5 nitrogen and oxygen atoms in total. The van der Waals surface area contributed by atoms with Crippen LogP contribution in [-0.2, 0) is 6.61 Å². The normalized spacial score (nSPS) is 11.3. The molecule has 0 unspecified atom stereocenters. The number of imidazole rings is 1. The third-order valence-electron chi connectivity index (χ3n) is 4.60. The van der Waals surface area contributed by atoms with Crippen LogP contribution in [0.25, 0.3) is 22.7 Å². The molecular weight excluding hydrogens is 398 g/mol. The van der Waals surface area contributed by atoms with Crippen LogP contribution in [0.3, 0.4) is 0 Å². The van der Waals surface area contributed by atoms with Gasteiger partial charge in [0.2, 0.25) is 0 Å². The Balaban J connectivity index is 1.59. The van der Waals surface area contributed by atoms with Gasteiger partial charge in [-0.3, -0.25) is 0 Å². The van der Waals surface area contributed by atoms with Crippen molar-refractivity contribution in [1.82, 2.24) is 9.97 Å². The van der Waals surface area contributed by atoms with Gasteiger partial charge in [-0.2, -0.15) is 5.26 Å². The molecule has 3 aromatic carbocycles. The molecule has 1 aromatic heterocycles. The van der Waals surface area contributed by atoms with Gasteiger partial charge in [0.05, 0.1) is 23.7 Å². The Kier molecular flexibility index (Phi) is 5.69. The predicted molar refractivity (Wildman–Crippen MR) is 118 cm³/mol. The SMILES string of the molecule is COc1cc(/C=C(\C#N)c2nc3ccccc3[nH]2)ccc1OCc1ccccc1Cl. The molecule has 4 rings (SSSR count). The van der Waals surface area contributed by atoms with Crippen molar-refractivity contribution in [1.29, 1.82) is 5.26 Å². The lowest BCUT2D eigenvalue weighted by molar-refractivity contribution is 0.284. The molecule has 0 aliphatic rings. The first-order chi connectivity index (χ1) is 14.7. The Morgan fingerprint density at radius 2 is 1.90 bits per heavy atom. The molecule has 148 valence electrons. The van der Waals surface area contributed by atoms with Gasteiger partial charge in [0.1, 0.15) is 18.5 Å². The van der Waals surface area contributed by atoms with E-state index in [2.05, 4.69) is 16.0 Å². The topological polar surface area (TPSA) is 70.9 Å². The number of H-pyrrole nitrogens is 1. The molecule has 0 spiro atoms. The van der Waals surface area contributed by atoms with Crippen LogP contribution >= 0.6 is 11.6 Å². The van der Waals surface area contributed by atoms with Gasteiger partial charge < -0.3 is 14.5 Å². The second-order valence-electron chi connectivity index (χ2n) is 6.56. The van der Waals surface area contributed by atoms with Gasteiger partial charge in [0.15, 0.2) is 11.5 Å². The van der Waals surface area contributed by atoms with Crippen molar-refractivity contribution in [2.24, 2.45) is 0 Å². The van der Waals surface area contributed by atoms with Crippen molar-refractivity contribution < 1.29 is 9.47 Å². The second kappa shape index (κ2) is 8.73. The highest BCUT2D eigenvalue weighted by Gasteiger charge is 2.10. The van der Waals surface area contributed by atoms with Crippen molar-refractivity contribution in [3.8, 4) is 17.6 Å². The molecule has 0 saturated carbocycles. The van der Waals surface area contributed by atoms with E-state index >= 15 is 0 Å². The maximum Gasteiger partial charge on any atom is 0.161 e. The van der Waals surface area contributed by atoms with Crippen LogP contribution in [0, 0.1) is 11.3 Å². The number of fused-ring (bicyclic) bond motifs is 1. The van der Waals surface area contributed by atoms with E-state index < -0.39 is 0 Å². The first-order valence-corrected chi connectivity index (χ1v) is 9.67. The Hall–Kier alpha value is -3.75. The van der Waals surface area contributed by atoms with Gasteiger partial charge in [0.25, 0.3) is 0 Å². The maximum absolute atomic E-state index is 9.64. The average Bonchev–Trinajstić information content (AvgIpc) is 3.21. The summed E-state index contributed by atoms with van der Waals surface area (Å²) in [6.45, 7) is 0.327. The zero-order chi connectivity index (χ0) is 20.9. The number of hydrogen-bond acceptors (Lipinski definition) is 4. The second-order valence-corrected chi connectivity index (χ2v) is 6.97. The molecule has 1 N–H and O–H groups in total. The van der Waals surface area contributed by atoms with Crippen LogP contribution in [-0.4, -0.2) is 17.1 Å². The number of ether oxygens (including phenoxy) is 2. The number of para-hydroxylation sites is 2. The number of aromatic amines is 1. The number of nitrogens with zero attached hydrogens (tertiary/aromatic N) is 2. The first-order valence-electron chi connectivity index (χ1n) is 9.29. The fourth-order valence-corrected chi connectivity index (χ4v) is 3.26. The van der Waals surface area contributed by atoms with Crippen molar-refractivity contribution in [3.63, 3.8) is 0 Å². The lowest BCUT2D eigenvalue weighted by Crippen LogP contribution is -1.98. The van der Waals surface area contributed by atoms with Crippen molar-refractivity contribution in [2.45, 2.75) is 6.61 Å². The third-order valence-corrected chi connectivity index (χ3v) is 4.97. The van der Waals surface area contributed by atoms with Crippen LogP contribution in [0.5, 0.6) is 11.5 Å². The Labute approximate surface area is 179 Å². The summed E-state index contributed by atoms with van der Waals surface area (Å²) in [5, 5.41) is 10.3. The van der Waals surface area contributed by atoms with E-state index in [1.807, 2.05) is 66.7 Å². The fourth-order valence-electron chi connectivity index (χ4n) is 3.06. The molecule has 0 saturated heterocycles. The van der Waals surface area contributed by atoms with Gasteiger partial charge in [-0.25, -0.2) is 4.98 Å². The van der Waals surface area contributed by atoms with Crippen molar-refractivity contribution >= 4 is 34.3 Å². The Morgan fingerprint density at radius 1 is 1.10 bits per heavy atom. The molecule has 6 heteroatoms. The monoisotopic (exact) mass is 415 g/mol. The summed E-state index contributed by atoms with van der Waals surface area (Å²) >= 11 is 6.19. The van der Waals surface area contributed by atoms with Gasteiger partial charge in [-0.15, -0.1) is 0 Å². The number of methoxy groups -OCH3 is 1. The standard InChI is InChI=1S/C24H18ClN3O2/c1-29-23-13-16(10-11-22(23)30-15-17-6-2-3-7-19(17)25)12-18(14-26)24-27-20-8-4-5-9-21(20)28-24/h2-13H,15H2,1H3,(H,27,28)/b18-12+. The van der Waals surface area contributed by atoms with Gasteiger partial charge >= 0.3 is 0 Å². The highest BCUT2D eigenvalue weighted by molar-refractivity contribution is 6.31. The molecule has 1 heterocycles. The molecule has 0 radical (unpaired) electrons. The quantitative estimate of drug-likeness (QED) is 0.400. The minimum absolute atomic E-state index is 0.327. The van der Waals surface area contributed by atoms with Crippen LogP contribution in [0.15, 0.2) is 66.7 Å². The summed E-state index contributed by atoms with van der Waals surface area (Å²) in [6, 6.07) is 22.9.